The minimum Gasteiger partial charge on any atom is -0.357 e. The first-order valence-electron chi connectivity index (χ1n) is 9.54. The molecule has 0 saturated carbocycles. The van der Waals surface area contributed by atoms with E-state index in [0.29, 0.717) is 13.0 Å². The molecule has 1 aromatic rings. The number of halogens is 1. The van der Waals surface area contributed by atoms with Crippen molar-refractivity contribution in [3.8, 4) is 0 Å². The van der Waals surface area contributed by atoms with Crippen molar-refractivity contribution in [1.29, 1.82) is 0 Å². The summed E-state index contributed by atoms with van der Waals surface area (Å²) in [7, 11) is 0. The van der Waals surface area contributed by atoms with Crippen molar-refractivity contribution in [2.75, 3.05) is 25.0 Å². The fourth-order valence-electron chi connectivity index (χ4n) is 3.17. The number of guanidine groups is 1. The zero-order valence-electron chi connectivity index (χ0n) is 16.3. The summed E-state index contributed by atoms with van der Waals surface area (Å²) in [4.78, 5) is 18.9. The van der Waals surface area contributed by atoms with Gasteiger partial charge in [0.05, 0.1) is 6.54 Å². The molecule has 2 rings (SSSR count). The van der Waals surface area contributed by atoms with Gasteiger partial charge in [-0.1, -0.05) is 26.0 Å². The number of anilines is 1. The van der Waals surface area contributed by atoms with Crippen LogP contribution in [0.5, 0.6) is 0 Å². The van der Waals surface area contributed by atoms with Crippen LogP contribution < -0.4 is 10.6 Å². The van der Waals surface area contributed by atoms with Crippen molar-refractivity contribution >= 4 is 41.5 Å². The number of piperidine rings is 1. The topological polar surface area (TPSA) is 56.7 Å². The summed E-state index contributed by atoms with van der Waals surface area (Å²) < 4.78 is 0. The molecule has 1 amide bonds. The molecule has 0 bridgehead atoms. The van der Waals surface area contributed by atoms with E-state index in [1.165, 1.54) is 12.8 Å². The van der Waals surface area contributed by atoms with Crippen LogP contribution in [0.15, 0.2) is 29.3 Å². The van der Waals surface area contributed by atoms with Crippen LogP contribution in [-0.2, 0) is 11.3 Å². The third kappa shape index (κ3) is 7.51. The van der Waals surface area contributed by atoms with E-state index in [4.69, 9.17) is 4.99 Å². The molecule has 26 heavy (non-hydrogen) atoms. The van der Waals surface area contributed by atoms with E-state index in [9.17, 15) is 4.79 Å². The minimum atomic E-state index is 0. The summed E-state index contributed by atoms with van der Waals surface area (Å²) in [6.07, 6.45) is 3.94. The Morgan fingerprint density at radius 2 is 2.15 bits per heavy atom. The summed E-state index contributed by atoms with van der Waals surface area (Å²) in [5, 5.41) is 6.36. The standard InChI is InChI=1S/C20H32N4O.HI/c1-4-8-19(25)23-18-11-6-10-17(13-18)14-22-20(21-5-2)24-12-7-9-16(3)15-24;/h6,10-11,13,16H,4-5,7-9,12,14-15H2,1-3H3,(H,21,22)(H,23,25);1H. The van der Waals surface area contributed by atoms with Crippen molar-refractivity contribution < 1.29 is 4.79 Å². The lowest BCUT2D eigenvalue weighted by Crippen LogP contribution is -2.46. The number of nitrogens with one attached hydrogen (secondary N) is 2. The third-order valence-corrected chi connectivity index (χ3v) is 4.39. The highest BCUT2D eigenvalue weighted by molar-refractivity contribution is 14.0. The molecule has 2 N–H and O–H groups in total. The molecule has 1 aromatic carbocycles. The average Bonchev–Trinajstić information content (AvgIpc) is 2.59. The van der Waals surface area contributed by atoms with E-state index in [1.807, 2.05) is 25.1 Å². The van der Waals surface area contributed by atoms with E-state index >= 15 is 0 Å². The van der Waals surface area contributed by atoms with Gasteiger partial charge in [0.1, 0.15) is 0 Å². The van der Waals surface area contributed by atoms with Crippen LogP contribution in [0.3, 0.4) is 0 Å². The van der Waals surface area contributed by atoms with E-state index in [0.717, 1.165) is 49.2 Å². The first kappa shape index (κ1) is 22.7. The minimum absolute atomic E-state index is 0. The van der Waals surface area contributed by atoms with Gasteiger partial charge in [0.2, 0.25) is 5.91 Å². The molecule has 5 nitrogen and oxygen atoms in total. The Labute approximate surface area is 175 Å². The third-order valence-electron chi connectivity index (χ3n) is 4.39. The molecule has 0 radical (unpaired) electrons. The molecular weight excluding hydrogens is 439 g/mol. The smallest absolute Gasteiger partial charge is 0.224 e. The lowest BCUT2D eigenvalue weighted by atomic mass is 10.0. The Bertz CT molecular complexity index is 591. The highest BCUT2D eigenvalue weighted by Gasteiger charge is 2.19. The van der Waals surface area contributed by atoms with Gasteiger partial charge >= 0.3 is 0 Å². The van der Waals surface area contributed by atoms with Crippen molar-refractivity contribution in [3.63, 3.8) is 0 Å². The Hall–Kier alpha value is -1.31. The number of benzene rings is 1. The van der Waals surface area contributed by atoms with Crippen molar-refractivity contribution in [2.45, 2.75) is 53.0 Å². The van der Waals surface area contributed by atoms with Gasteiger partial charge < -0.3 is 15.5 Å². The van der Waals surface area contributed by atoms with Gasteiger partial charge in [0, 0.05) is 31.7 Å². The van der Waals surface area contributed by atoms with Crippen molar-refractivity contribution in [2.24, 2.45) is 10.9 Å². The molecule has 1 fully saturated rings. The lowest BCUT2D eigenvalue weighted by Gasteiger charge is -2.33. The second kappa shape index (κ2) is 12.1. The second-order valence-electron chi connectivity index (χ2n) is 6.86. The monoisotopic (exact) mass is 472 g/mol. The number of aliphatic imine (C=N–C) groups is 1. The van der Waals surface area contributed by atoms with Gasteiger partial charge in [0.15, 0.2) is 5.96 Å². The van der Waals surface area contributed by atoms with Gasteiger partial charge in [-0.05, 0) is 49.8 Å². The van der Waals surface area contributed by atoms with Crippen molar-refractivity contribution in [3.05, 3.63) is 29.8 Å². The summed E-state index contributed by atoms with van der Waals surface area (Å²) in [5.74, 6) is 1.78. The van der Waals surface area contributed by atoms with Gasteiger partial charge in [-0.25, -0.2) is 4.99 Å². The fraction of sp³-hybridized carbons (Fsp3) is 0.600. The normalized spacial score (nSPS) is 17.4. The summed E-state index contributed by atoms with van der Waals surface area (Å²) in [6.45, 7) is 10.0. The maximum absolute atomic E-state index is 11.8. The van der Waals surface area contributed by atoms with Crippen LogP contribution in [0.2, 0.25) is 0 Å². The predicted octanol–water partition coefficient (Wildman–Crippen LogP) is 4.24. The van der Waals surface area contributed by atoms with Crippen LogP contribution in [0.4, 0.5) is 5.69 Å². The van der Waals surface area contributed by atoms with E-state index in [2.05, 4.69) is 35.4 Å². The summed E-state index contributed by atoms with van der Waals surface area (Å²) in [6, 6.07) is 7.97. The van der Waals surface area contributed by atoms with Gasteiger partial charge in [-0.15, -0.1) is 24.0 Å². The molecule has 1 heterocycles. The Morgan fingerprint density at radius 1 is 1.35 bits per heavy atom. The number of nitrogens with zero attached hydrogens (tertiary/aromatic N) is 2. The molecule has 1 atom stereocenters. The number of amides is 1. The highest BCUT2D eigenvalue weighted by atomic mass is 127. The van der Waals surface area contributed by atoms with Crippen LogP contribution in [0, 0.1) is 5.92 Å². The first-order valence-corrected chi connectivity index (χ1v) is 9.54. The van der Waals surface area contributed by atoms with Crippen LogP contribution in [0.25, 0.3) is 0 Å². The quantitative estimate of drug-likeness (QED) is 0.370. The Kier molecular flexibility index (Phi) is 10.6. The van der Waals surface area contributed by atoms with Gasteiger partial charge in [-0.3, -0.25) is 4.79 Å². The molecule has 0 spiro atoms. The van der Waals surface area contributed by atoms with E-state index in [-0.39, 0.29) is 29.9 Å². The number of likely N-dealkylation sites (tertiary alicyclic amines) is 1. The molecule has 1 unspecified atom stereocenters. The molecule has 1 saturated heterocycles. The predicted molar refractivity (Wildman–Crippen MR) is 120 cm³/mol. The highest BCUT2D eigenvalue weighted by Crippen LogP contribution is 2.16. The first-order chi connectivity index (χ1) is 12.1. The molecular formula is C20H33IN4O. The van der Waals surface area contributed by atoms with E-state index < -0.39 is 0 Å². The maximum Gasteiger partial charge on any atom is 0.224 e. The Balaban J connectivity index is 0.00000338. The molecule has 146 valence electrons. The number of carbonyl (C=O) groups is 1. The molecule has 1 aliphatic heterocycles. The van der Waals surface area contributed by atoms with Crippen LogP contribution >= 0.6 is 24.0 Å². The SMILES string of the molecule is CCCC(=O)Nc1cccc(CN=C(NCC)N2CCCC(C)C2)c1.I. The number of carbonyl (C=O) groups excluding carboxylic acids is 1. The maximum atomic E-state index is 11.8. The second-order valence-corrected chi connectivity index (χ2v) is 6.86. The molecule has 6 heteroatoms. The van der Waals surface area contributed by atoms with Gasteiger partial charge in [-0.2, -0.15) is 0 Å². The number of hydrogen-bond acceptors (Lipinski definition) is 2. The van der Waals surface area contributed by atoms with Crippen LogP contribution in [-0.4, -0.2) is 36.4 Å². The number of rotatable bonds is 6. The zero-order valence-corrected chi connectivity index (χ0v) is 18.6. The van der Waals surface area contributed by atoms with E-state index in [1.54, 1.807) is 0 Å². The largest absolute Gasteiger partial charge is 0.357 e. The number of hydrogen-bond donors (Lipinski definition) is 2. The summed E-state index contributed by atoms with van der Waals surface area (Å²) >= 11 is 0. The summed E-state index contributed by atoms with van der Waals surface area (Å²) in [5.41, 5.74) is 1.96. The zero-order chi connectivity index (χ0) is 18.1. The molecule has 0 aliphatic carbocycles. The average molecular weight is 472 g/mol. The molecule has 0 aromatic heterocycles. The van der Waals surface area contributed by atoms with Crippen LogP contribution in [0.1, 0.15) is 52.0 Å². The Morgan fingerprint density at radius 3 is 2.85 bits per heavy atom. The van der Waals surface area contributed by atoms with Crippen molar-refractivity contribution in [1.82, 2.24) is 10.2 Å². The fourth-order valence-corrected chi connectivity index (χ4v) is 3.17. The lowest BCUT2D eigenvalue weighted by molar-refractivity contribution is -0.116. The van der Waals surface area contributed by atoms with Gasteiger partial charge in [0.25, 0.3) is 0 Å². The molecule has 1 aliphatic rings.